The summed E-state index contributed by atoms with van der Waals surface area (Å²) < 4.78 is 0. The number of benzene rings is 1. The van der Waals surface area contributed by atoms with E-state index >= 15 is 0 Å². The number of aromatic nitrogens is 1. The van der Waals surface area contributed by atoms with Gasteiger partial charge in [0, 0.05) is 18.0 Å². The average molecular weight is 286 g/mol. The van der Waals surface area contributed by atoms with Crippen molar-refractivity contribution in [2.45, 2.75) is 31.7 Å². The molecular formula is C16H18N2O3. The fourth-order valence-electron chi connectivity index (χ4n) is 3.08. The molecule has 21 heavy (non-hydrogen) atoms. The highest BCUT2D eigenvalue weighted by Gasteiger charge is 2.25. The molecule has 0 bridgehead atoms. The molecule has 1 aromatic heterocycles. The summed E-state index contributed by atoms with van der Waals surface area (Å²) in [5.74, 6) is -0.0697. The fraction of sp³-hybridized carbons (Fsp3) is 0.375. The number of rotatable bonds is 3. The normalized spacial score (nSPS) is 18.9. The molecule has 1 unspecified atom stereocenters. The third-order valence-electron chi connectivity index (χ3n) is 4.09. The number of aromatic amines is 1. The Morgan fingerprint density at radius 2 is 2.14 bits per heavy atom. The number of fused-ring (bicyclic) bond motifs is 1. The van der Waals surface area contributed by atoms with E-state index in [1.165, 1.54) is 0 Å². The molecule has 5 heteroatoms. The highest BCUT2D eigenvalue weighted by molar-refractivity contribution is 5.84. The van der Waals surface area contributed by atoms with E-state index in [4.69, 9.17) is 5.11 Å². The van der Waals surface area contributed by atoms with Crippen LogP contribution in [0.3, 0.4) is 0 Å². The Morgan fingerprint density at radius 3 is 2.95 bits per heavy atom. The van der Waals surface area contributed by atoms with Crippen LogP contribution in [-0.2, 0) is 4.79 Å². The average Bonchev–Trinajstić information content (AvgIpc) is 2.47. The molecule has 0 spiro atoms. The Morgan fingerprint density at radius 1 is 1.33 bits per heavy atom. The Bertz CT molecular complexity index is 723. The summed E-state index contributed by atoms with van der Waals surface area (Å²) in [5.41, 5.74) is -0.122. The van der Waals surface area contributed by atoms with Crippen LogP contribution in [0, 0.1) is 0 Å². The van der Waals surface area contributed by atoms with E-state index in [0.717, 1.165) is 37.0 Å². The number of carbonyl (C=O) groups is 1. The van der Waals surface area contributed by atoms with E-state index in [2.05, 4.69) is 4.98 Å². The molecule has 2 heterocycles. The first-order valence-electron chi connectivity index (χ1n) is 7.25. The van der Waals surface area contributed by atoms with E-state index in [9.17, 15) is 9.59 Å². The van der Waals surface area contributed by atoms with Crippen molar-refractivity contribution in [2.75, 3.05) is 11.4 Å². The molecule has 2 aromatic rings. The first-order valence-corrected chi connectivity index (χ1v) is 7.25. The standard InChI is InChI=1S/C16H18N2O3/c19-15(20)10-12-6-3-4-8-18(12)14-9-11-5-1-2-7-13(11)16(21)17-14/h1-2,5,7,9,12H,3-4,6,8,10H2,(H,17,21)(H,19,20). The van der Waals surface area contributed by atoms with Crippen molar-refractivity contribution in [2.24, 2.45) is 0 Å². The van der Waals surface area contributed by atoms with Crippen molar-refractivity contribution in [1.82, 2.24) is 4.98 Å². The first-order chi connectivity index (χ1) is 10.1. The maximum Gasteiger partial charge on any atom is 0.305 e. The van der Waals surface area contributed by atoms with Crippen LogP contribution in [0.2, 0.25) is 0 Å². The van der Waals surface area contributed by atoms with Gasteiger partial charge in [-0.2, -0.15) is 0 Å². The number of hydrogen-bond donors (Lipinski definition) is 2. The molecule has 0 radical (unpaired) electrons. The summed E-state index contributed by atoms with van der Waals surface area (Å²) in [6.07, 6.45) is 3.01. The van der Waals surface area contributed by atoms with Crippen molar-refractivity contribution in [1.29, 1.82) is 0 Å². The van der Waals surface area contributed by atoms with Gasteiger partial charge in [-0.1, -0.05) is 18.2 Å². The number of pyridine rings is 1. The lowest BCUT2D eigenvalue weighted by Crippen LogP contribution is -2.42. The van der Waals surface area contributed by atoms with Gasteiger partial charge in [0.25, 0.3) is 5.56 Å². The number of piperidine rings is 1. The van der Waals surface area contributed by atoms with Gasteiger partial charge < -0.3 is 15.0 Å². The minimum absolute atomic E-state index is 0.0481. The Hall–Kier alpha value is -2.30. The zero-order valence-electron chi connectivity index (χ0n) is 11.7. The second-order valence-electron chi connectivity index (χ2n) is 5.51. The van der Waals surface area contributed by atoms with Gasteiger partial charge in [-0.3, -0.25) is 9.59 Å². The van der Waals surface area contributed by atoms with Gasteiger partial charge in [0.05, 0.1) is 6.42 Å². The van der Waals surface area contributed by atoms with Crippen LogP contribution in [0.1, 0.15) is 25.7 Å². The molecule has 5 nitrogen and oxygen atoms in total. The van der Waals surface area contributed by atoms with Crippen molar-refractivity contribution in [3.63, 3.8) is 0 Å². The number of nitrogens with zero attached hydrogens (tertiary/aromatic N) is 1. The third kappa shape index (κ3) is 2.77. The predicted molar refractivity (Wildman–Crippen MR) is 81.8 cm³/mol. The molecule has 1 aromatic carbocycles. The quantitative estimate of drug-likeness (QED) is 0.908. The number of carboxylic acid groups (broad SMARTS) is 1. The van der Waals surface area contributed by atoms with Gasteiger partial charge in [-0.05, 0) is 36.8 Å². The predicted octanol–water partition coefficient (Wildman–Crippen LogP) is 2.36. The van der Waals surface area contributed by atoms with Crippen LogP contribution >= 0.6 is 0 Å². The zero-order valence-corrected chi connectivity index (χ0v) is 11.7. The molecule has 1 fully saturated rings. The smallest absolute Gasteiger partial charge is 0.305 e. The van der Waals surface area contributed by atoms with Crippen LogP contribution in [0.4, 0.5) is 5.82 Å². The molecule has 0 amide bonds. The highest BCUT2D eigenvalue weighted by Crippen LogP contribution is 2.26. The lowest BCUT2D eigenvalue weighted by molar-refractivity contribution is -0.137. The third-order valence-corrected chi connectivity index (χ3v) is 4.09. The second kappa shape index (κ2) is 5.60. The molecule has 0 saturated carbocycles. The van der Waals surface area contributed by atoms with Gasteiger partial charge >= 0.3 is 5.97 Å². The van der Waals surface area contributed by atoms with E-state index in [1.54, 1.807) is 6.07 Å². The topological polar surface area (TPSA) is 73.4 Å². The van der Waals surface area contributed by atoms with Gasteiger partial charge in [0.15, 0.2) is 0 Å². The van der Waals surface area contributed by atoms with E-state index in [0.29, 0.717) is 5.39 Å². The lowest BCUT2D eigenvalue weighted by Gasteiger charge is -2.36. The number of H-pyrrole nitrogens is 1. The van der Waals surface area contributed by atoms with Gasteiger partial charge in [-0.25, -0.2) is 0 Å². The van der Waals surface area contributed by atoms with Crippen LogP contribution in [0.15, 0.2) is 35.1 Å². The second-order valence-corrected chi connectivity index (χ2v) is 5.51. The molecule has 1 saturated heterocycles. The summed E-state index contributed by atoms with van der Waals surface area (Å²) in [6, 6.07) is 9.33. The van der Waals surface area contributed by atoms with E-state index in [-0.39, 0.29) is 18.0 Å². The maximum absolute atomic E-state index is 12.2. The molecule has 0 aliphatic carbocycles. The van der Waals surface area contributed by atoms with Crippen molar-refractivity contribution >= 4 is 22.6 Å². The summed E-state index contributed by atoms with van der Waals surface area (Å²) in [6.45, 7) is 0.784. The highest BCUT2D eigenvalue weighted by atomic mass is 16.4. The van der Waals surface area contributed by atoms with Gasteiger partial charge in [-0.15, -0.1) is 0 Å². The molecule has 1 aliphatic heterocycles. The number of hydrogen-bond acceptors (Lipinski definition) is 3. The Kier molecular flexibility index (Phi) is 3.64. The zero-order chi connectivity index (χ0) is 14.8. The molecule has 3 rings (SSSR count). The van der Waals surface area contributed by atoms with Crippen molar-refractivity contribution < 1.29 is 9.90 Å². The van der Waals surface area contributed by atoms with Crippen LogP contribution in [0.25, 0.3) is 10.8 Å². The molecule has 110 valence electrons. The largest absolute Gasteiger partial charge is 0.481 e. The summed E-state index contributed by atoms with van der Waals surface area (Å²) in [7, 11) is 0. The summed E-state index contributed by atoms with van der Waals surface area (Å²) >= 11 is 0. The number of aliphatic carboxylic acids is 1. The van der Waals surface area contributed by atoms with Gasteiger partial charge in [0.1, 0.15) is 5.82 Å². The van der Waals surface area contributed by atoms with Crippen molar-refractivity contribution in [3.8, 4) is 0 Å². The van der Waals surface area contributed by atoms with E-state index < -0.39 is 5.97 Å². The minimum Gasteiger partial charge on any atom is -0.481 e. The maximum atomic E-state index is 12.2. The minimum atomic E-state index is -0.796. The lowest BCUT2D eigenvalue weighted by atomic mass is 9.99. The SMILES string of the molecule is O=C(O)CC1CCCCN1c1cc2ccccc2c(=O)[nH]1. The van der Waals surface area contributed by atoms with Crippen LogP contribution in [0.5, 0.6) is 0 Å². The van der Waals surface area contributed by atoms with E-state index in [1.807, 2.05) is 29.2 Å². The number of nitrogens with one attached hydrogen (secondary N) is 1. The summed E-state index contributed by atoms with van der Waals surface area (Å²) in [4.78, 5) is 28.1. The molecule has 1 aliphatic rings. The molecular weight excluding hydrogens is 268 g/mol. The molecule has 2 N–H and O–H groups in total. The number of carboxylic acids is 1. The monoisotopic (exact) mass is 286 g/mol. The first kappa shape index (κ1) is 13.7. The van der Waals surface area contributed by atoms with Gasteiger partial charge in [0.2, 0.25) is 0 Å². The van der Waals surface area contributed by atoms with Crippen molar-refractivity contribution in [3.05, 3.63) is 40.7 Å². The summed E-state index contributed by atoms with van der Waals surface area (Å²) in [5, 5.41) is 10.6. The molecule has 1 atom stereocenters. The Labute approximate surface area is 122 Å². The fourth-order valence-corrected chi connectivity index (χ4v) is 3.08. The van der Waals surface area contributed by atoms with Crippen LogP contribution in [-0.4, -0.2) is 28.6 Å². The van der Waals surface area contributed by atoms with Crippen LogP contribution < -0.4 is 10.5 Å². The Balaban J connectivity index is 2.01. The number of anilines is 1.